The second-order valence-corrected chi connectivity index (χ2v) is 11.3. The number of fused-ring (bicyclic) bond motifs is 1. The van der Waals surface area contributed by atoms with Crippen molar-refractivity contribution in [3.63, 3.8) is 0 Å². The van der Waals surface area contributed by atoms with Crippen LogP contribution in [-0.2, 0) is 19.1 Å². The van der Waals surface area contributed by atoms with E-state index in [1.807, 2.05) is 19.1 Å². The predicted molar refractivity (Wildman–Crippen MR) is 167 cm³/mol. The smallest absolute Gasteiger partial charge is 0.253 e. The Morgan fingerprint density at radius 3 is 2.16 bits per heavy atom. The van der Waals surface area contributed by atoms with Crippen LogP contribution in [0.4, 0.5) is 11.4 Å². The molecule has 3 heterocycles. The summed E-state index contributed by atoms with van der Waals surface area (Å²) in [6.07, 6.45) is 4.09. The van der Waals surface area contributed by atoms with Crippen LogP contribution in [0.2, 0.25) is 0 Å². The van der Waals surface area contributed by atoms with Gasteiger partial charge in [-0.2, -0.15) is 0 Å². The van der Waals surface area contributed by atoms with Crippen LogP contribution in [-0.4, -0.2) is 85.4 Å². The first-order valence-electron chi connectivity index (χ1n) is 15.2. The van der Waals surface area contributed by atoms with Crippen molar-refractivity contribution in [1.29, 1.82) is 0 Å². The summed E-state index contributed by atoms with van der Waals surface area (Å²) < 4.78 is 17.5. The maximum absolute atomic E-state index is 14.5. The lowest BCUT2D eigenvalue weighted by atomic mass is 9.70. The Morgan fingerprint density at radius 2 is 1.61 bits per heavy atom. The molecule has 0 aliphatic carbocycles. The minimum absolute atomic E-state index is 0.145. The number of carbonyl (C=O) groups is 3. The van der Waals surface area contributed by atoms with E-state index in [1.165, 1.54) is 4.90 Å². The largest absolute Gasteiger partial charge is 0.497 e. The highest BCUT2D eigenvalue weighted by atomic mass is 16.5. The maximum Gasteiger partial charge on any atom is 0.253 e. The lowest BCUT2D eigenvalue weighted by Crippen LogP contribution is -2.56. The fourth-order valence-electron chi connectivity index (χ4n) is 7.08. The molecule has 2 aromatic carbocycles. The van der Waals surface area contributed by atoms with Gasteiger partial charge in [-0.25, -0.2) is 0 Å². The van der Waals surface area contributed by atoms with Gasteiger partial charge in [-0.3, -0.25) is 14.4 Å². The number of anilines is 2. The van der Waals surface area contributed by atoms with Gasteiger partial charge in [-0.15, -0.1) is 13.2 Å². The first kappa shape index (κ1) is 31.3. The first-order valence-corrected chi connectivity index (χ1v) is 15.2. The number of ether oxygens (including phenoxy) is 3. The van der Waals surface area contributed by atoms with Gasteiger partial charge in [0.1, 0.15) is 23.1 Å². The number of benzene rings is 2. The van der Waals surface area contributed by atoms with Crippen molar-refractivity contribution in [3.8, 4) is 11.5 Å². The number of nitrogens with zero attached hydrogens (tertiary/aromatic N) is 3. The molecule has 5 atom stereocenters. The summed E-state index contributed by atoms with van der Waals surface area (Å²) in [6, 6.07) is 13.4. The molecular weight excluding hydrogens is 562 g/mol. The molecule has 5 rings (SSSR count). The molecular formula is C34H41N3O7. The molecule has 44 heavy (non-hydrogen) atoms. The van der Waals surface area contributed by atoms with Gasteiger partial charge in [-0.05, 0) is 74.7 Å². The molecule has 10 nitrogen and oxygen atoms in total. The molecule has 234 valence electrons. The molecule has 2 unspecified atom stereocenters. The molecule has 1 spiro atoms. The zero-order valence-corrected chi connectivity index (χ0v) is 25.4. The van der Waals surface area contributed by atoms with Gasteiger partial charge in [0.25, 0.3) is 5.91 Å². The first-order chi connectivity index (χ1) is 21.3. The lowest BCUT2D eigenvalue weighted by molar-refractivity contribution is -0.141. The van der Waals surface area contributed by atoms with Crippen molar-refractivity contribution < 1.29 is 33.7 Å². The molecule has 10 heteroatoms. The average molecular weight is 604 g/mol. The van der Waals surface area contributed by atoms with E-state index in [-0.39, 0.29) is 44.0 Å². The Bertz CT molecular complexity index is 1380. The zero-order valence-electron chi connectivity index (χ0n) is 25.4. The van der Waals surface area contributed by atoms with E-state index in [9.17, 15) is 19.5 Å². The standard InChI is InChI=1S/C34H41N3O7/c1-5-19-35(23-11-15-26(16-12-23)43-7-3)31(39)28-27-17-18-34(44-27)29(28)32(40)37(21-8-22-38)30(34)33(41)36(20-6-2)24-9-13-25(42-4)14-10-24/h5-6,9-16,27-30,38H,1-2,7-8,17-22H2,3-4H3/t27-,28+,29+,30?,34?/m1/s1. The van der Waals surface area contributed by atoms with Crippen molar-refractivity contribution in [2.75, 3.05) is 49.8 Å². The fourth-order valence-corrected chi connectivity index (χ4v) is 7.08. The third-order valence-electron chi connectivity index (χ3n) is 8.88. The zero-order chi connectivity index (χ0) is 31.4. The van der Waals surface area contributed by atoms with E-state index in [1.54, 1.807) is 65.5 Å². The van der Waals surface area contributed by atoms with Crippen LogP contribution >= 0.6 is 0 Å². The van der Waals surface area contributed by atoms with E-state index in [0.29, 0.717) is 48.7 Å². The van der Waals surface area contributed by atoms with Crippen molar-refractivity contribution in [1.82, 2.24) is 4.90 Å². The van der Waals surface area contributed by atoms with E-state index in [4.69, 9.17) is 14.2 Å². The van der Waals surface area contributed by atoms with E-state index < -0.39 is 29.6 Å². The number of carbonyl (C=O) groups excluding carboxylic acids is 3. The number of rotatable bonds is 14. The highest BCUT2D eigenvalue weighted by Crippen LogP contribution is 2.59. The molecule has 3 amide bonds. The van der Waals surface area contributed by atoms with Crippen LogP contribution in [0.1, 0.15) is 26.2 Å². The summed E-state index contributed by atoms with van der Waals surface area (Å²) >= 11 is 0. The SMILES string of the molecule is C=CCN(C(=O)C1N(CCCO)C(=O)[C@@H]2[C@@H](C(=O)N(CC=C)c3ccc(OCC)cc3)[C@H]3CCC12O3)c1ccc(OC)cc1. The Kier molecular flexibility index (Phi) is 9.41. The number of aliphatic hydroxyl groups is 1. The Morgan fingerprint density at radius 1 is 1.02 bits per heavy atom. The number of aliphatic hydroxyl groups excluding tert-OH is 1. The minimum Gasteiger partial charge on any atom is -0.497 e. The highest BCUT2D eigenvalue weighted by Gasteiger charge is 2.74. The van der Waals surface area contributed by atoms with Crippen LogP contribution < -0.4 is 19.3 Å². The van der Waals surface area contributed by atoms with Crippen molar-refractivity contribution >= 4 is 29.1 Å². The van der Waals surface area contributed by atoms with E-state index in [0.717, 1.165) is 0 Å². The Labute approximate surface area is 258 Å². The van der Waals surface area contributed by atoms with Crippen LogP contribution in [0.15, 0.2) is 73.8 Å². The van der Waals surface area contributed by atoms with Crippen LogP contribution in [0.5, 0.6) is 11.5 Å². The molecule has 3 aliphatic heterocycles. The van der Waals surface area contributed by atoms with Crippen molar-refractivity contribution in [3.05, 3.63) is 73.8 Å². The molecule has 0 aromatic heterocycles. The second kappa shape index (κ2) is 13.2. The predicted octanol–water partition coefficient (Wildman–Crippen LogP) is 3.59. The second-order valence-electron chi connectivity index (χ2n) is 11.3. The van der Waals surface area contributed by atoms with Gasteiger partial charge >= 0.3 is 0 Å². The monoisotopic (exact) mass is 603 g/mol. The summed E-state index contributed by atoms with van der Waals surface area (Å²) in [5.41, 5.74) is 0.110. The third-order valence-corrected chi connectivity index (χ3v) is 8.88. The minimum atomic E-state index is -1.17. The van der Waals surface area contributed by atoms with Crippen LogP contribution in [0.3, 0.4) is 0 Å². The summed E-state index contributed by atoms with van der Waals surface area (Å²) in [6.45, 7) is 10.6. The van der Waals surface area contributed by atoms with E-state index >= 15 is 0 Å². The molecule has 0 saturated carbocycles. The molecule has 1 N–H and O–H groups in total. The van der Waals surface area contributed by atoms with Gasteiger partial charge < -0.3 is 34.0 Å². The summed E-state index contributed by atoms with van der Waals surface area (Å²) in [4.78, 5) is 47.9. The fraction of sp³-hybridized carbons (Fsp3) is 0.441. The lowest BCUT2D eigenvalue weighted by Gasteiger charge is -2.37. The molecule has 3 saturated heterocycles. The number of hydrogen-bond donors (Lipinski definition) is 1. The number of likely N-dealkylation sites (tertiary alicyclic amines) is 1. The molecule has 0 radical (unpaired) electrons. The van der Waals surface area contributed by atoms with Gasteiger partial charge in [0, 0.05) is 37.6 Å². The van der Waals surface area contributed by atoms with Gasteiger partial charge in [-0.1, -0.05) is 12.2 Å². The maximum atomic E-state index is 14.5. The molecule has 2 bridgehead atoms. The van der Waals surface area contributed by atoms with Crippen molar-refractivity contribution in [2.24, 2.45) is 11.8 Å². The number of amides is 3. The topological polar surface area (TPSA) is 109 Å². The van der Waals surface area contributed by atoms with Crippen LogP contribution in [0.25, 0.3) is 0 Å². The summed E-state index contributed by atoms with van der Waals surface area (Å²) in [7, 11) is 1.57. The average Bonchev–Trinajstić information content (AvgIpc) is 3.69. The van der Waals surface area contributed by atoms with Gasteiger partial charge in [0.05, 0.1) is 31.7 Å². The molecule has 3 fully saturated rings. The summed E-state index contributed by atoms with van der Waals surface area (Å²) in [5, 5.41) is 9.67. The highest BCUT2D eigenvalue weighted by molar-refractivity contribution is 6.06. The number of methoxy groups -OCH3 is 1. The number of hydrogen-bond acceptors (Lipinski definition) is 7. The molecule has 2 aromatic rings. The van der Waals surface area contributed by atoms with Crippen LogP contribution in [0, 0.1) is 11.8 Å². The summed E-state index contributed by atoms with van der Waals surface area (Å²) in [5.74, 6) is -1.12. The third kappa shape index (κ3) is 5.37. The molecule has 3 aliphatic rings. The van der Waals surface area contributed by atoms with Crippen molar-refractivity contribution in [2.45, 2.75) is 43.9 Å². The normalized spacial score (nSPS) is 25.0. The Hall–Kier alpha value is -4.15. The van der Waals surface area contributed by atoms with Gasteiger partial charge in [0.2, 0.25) is 11.8 Å². The van der Waals surface area contributed by atoms with Gasteiger partial charge in [0.15, 0.2) is 0 Å². The quantitative estimate of drug-likeness (QED) is 0.329. The Balaban J connectivity index is 1.51. The van der Waals surface area contributed by atoms with E-state index in [2.05, 4.69) is 13.2 Å².